The van der Waals surface area contributed by atoms with Crippen molar-refractivity contribution in [3.8, 4) is 0 Å². The molecule has 1 fully saturated rings. The molecule has 0 spiro atoms. The largest absolute Gasteiger partial charge is 0.469 e. The van der Waals surface area contributed by atoms with Crippen LogP contribution in [0.5, 0.6) is 0 Å². The third-order valence-electron chi connectivity index (χ3n) is 11.6. The van der Waals surface area contributed by atoms with E-state index in [-0.39, 0.29) is 17.4 Å². The van der Waals surface area contributed by atoms with Crippen LogP contribution in [0.4, 0.5) is 0 Å². The first-order chi connectivity index (χ1) is 21.9. The Hall–Kier alpha value is -4.14. The van der Waals surface area contributed by atoms with E-state index < -0.39 is 10.8 Å². The number of methoxy groups -OCH3 is 2. The molecule has 4 heteroatoms. The van der Waals surface area contributed by atoms with Gasteiger partial charge in [-0.25, -0.2) is 0 Å². The van der Waals surface area contributed by atoms with E-state index in [2.05, 4.69) is 91.6 Å². The second kappa shape index (κ2) is 11.3. The maximum Gasteiger partial charge on any atom is 0.305 e. The predicted molar refractivity (Wildman–Crippen MR) is 178 cm³/mol. The van der Waals surface area contributed by atoms with Crippen LogP contribution < -0.4 is 0 Å². The molecule has 7 rings (SSSR count). The maximum atomic E-state index is 13.2. The lowest BCUT2D eigenvalue weighted by atomic mass is 9.39. The molecule has 2 aromatic carbocycles. The number of esters is 2. The molecular formula is C41H42O4. The van der Waals surface area contributed by atoms with Crippen LogP contribution in [0.2, 0.25) is 0 Å². The first-order valence-electron chi connectivity index (χ1n) is 16.6. The molecule has 2 aromatic rings. The summed E-state index contributed by atoms with van der Waals surface area (Å²) >= 11 is 0. The summed E-state index contributed by atoms with van der Waals surface area (Å²) in [5.74, 6) is -0.0838. The van der Waals surface area contributed by atoms with Crippen molar-refractivity contribution in [1.29, 1.82) is 0 Å². The van der Waals surface area contributed by atoms with Gasteiger partial charge in [-0.3, -0.25) is 9.59 Å². The van der Waals surface area contributed by atoms with Gasteiger partial charge in [0, 0.05) is 23.7 Å². The predicted octanol–water partition coefficient (Wildman–Crippen LogP) is 8.74. The number of carbonyl (C=O) groups excluding carboxylic acids is 2. The second-order valence-electron chi connectivity index (χ2n) is 13.4. The number of hydrogen-bond donors (Lipinski definition) is 0. The van der Waals surface area contributed by atoms with Gasteiger partial charge in [0.1, 0.15) is 0 Å². The Balaban J connectivity index is 1.62. The van der Waals surface area contributed by atoms with Crippen molar-refractivity contribution >= 4 is 23.1 Å². The van der Waals surface area contributed by atoms with E-state index >= 15 is 0 Å². The van der Waals surface area contributed by atoms with Crippen molar-refractivity contribution < 1.29 is 19.1 Å². The van der Waals surface area contributed by atoms with E-state index in [9.17, 15) is 9.59 Å². The minimum absolute atomic E-state index is 0.183. The minimum Gasteiger partial charge on any atom is -0.469 e. The Kier molecular flexibility index (Phi) is 7.45. The summed E-state index contributed by atoms with van der Waals surface area (Å²) in [6, 6.07) is 17.7. The fraction of sp³-hybridized carbons (Fsp3) is 0.390. The van der Waals surface area contributed by atoms with Crippen LogP contribution in [0.15, 0.2) is 102 Å². The first-order valence-corrected chi connectivity index (χ1v) is 16.6. The van der Waals surface area contributed by atoms with Gasteiger partial charge in [-0.2, -0.15) is 0 Å². The zero-order valence-corrected chi connectivity index (χ0v) is 26.7. The van der Waals surface area contributed by atoms with Crippen molar-refractivity contribution in [2.45, 2.75) is 75.5 Å². The zero-order valence-electron chi connectivity index (χ0n) is 26.7. The Labute approximate surface area is 266 Å². The smallest absolute Gasteiger partial charge is 0.305 e. The first kappa shape index (κ1) is 29.6. The van der Waals surface area contributed by atoms with Crippen LogP contribution in [0.1, 0.15) is 87.0 Å². The van der Waals surface area contributed by atoms with Crippen LogP contribution in [0.3, 0.4) is 0 Å². The van der Waals surface area contributed by atoms with Crippen molar-refractivity contribution in [1.82, 2.24) is 0 Å². The number of fused-ring (bicyclic) bond motifs is 5. The van der Waals surface area contributed by atoms with Gasteiger partial charge in [-0.05, 0) is 93.7 Å². The third kappa shape index (κ3) is 4.11. The molecule has 0 N–H and O–H groups in total. The molecule has 0 aliphatic heterocycles. The SMILES string of the molecule is COC(=O)CCC1(C2(C3(CCC(=O)OC)C4=C(C=CC=C=C4)c4ccccc43)CCCCC2)C2=C[C@@H](C)C=C2c2ccccc21. The van der Waals surface area contributed by atoms with E-state index in [4.69, 9.17) is 9.47 Å². The van der Waals surface area contributed by atoms with Gasteiger partial charge in [0.05, 0.1) is 14.2 Å². The summed E-state index contributed by atoms with van der Waals surface area (Å²) in [7, 11) is 2.98. The normalized spacial score (nSPS) is 26.8. The zero-order chi connectivity index (χ0) is 31.2. The van der Waals surface area contributed by atoms with Gasteiger partial charge in [0.25, 0.3) is 0 Å². The molecule has 0 radical (unpaired) electrons. The highest BCUT2D eigenvalue weighted by Crippen LogP contribution is 2.75. The summed E-state index contributed by atoms with van der Waals surface area (Å²) in [6.45, 7) is 2.27. The van der Waals surface area contributed by atoms with Gasteiger partial charge >= 0.3 is 11.9 Å². The van der Waals surface area contributed by atoms with Crippen LogP contribution in [-0.2, 0) is 29.9 Å². The van der Waals surface area contributed by atoms with Gasteiger partial charge in [0.15, 0.2) is 0 Å². The average molecular weight is 599 g/mol. The molecular weight excluding hydrogens is 556 g/mol. The highest BCUT2D eigenvalue weighted by Gasteiger charge is 2.69. The van der Waals surface area contributed by atoms with Crippen LogP contribution >= 0.6 is 0 Å². The molecule has 0 saturated heterocycles. The number of carbonyl (C=O) groups is 2. The highest BCUT2D eigenvalue weighted by atomic mass is 16.5. The van der Waals surface area contributed by atoms with Gasteiger partial charge in [0.2, 0.25) is 0 Å². The number of allylic oxidation sites excluding steroid dienone is 9. The van der Waals surface area contributed by atoms with E-state index in [1.165, 1.54) is 65.2 Å². The number of rotatable bonds is 8. The molecule has 3 atom stereocenters. The lowest BCUT2D eigenvalue weighted by Crippen LogP contribution is -2.59. The van der Waals surface area contributed by atoms with E-state index in [1.54, 1.807) is 0 Å². The molecule has 4 nitrogen and oxygen atoms in total. The highest BCUT2D eigenvalue weighted by molar-refractivity contribution is 5.95. The maximum absolute atomic E-state index is 13.2. The topological polar surface area (TPSA) is 52.6 Å². The lowest BCUT2D eigenvalue weighted by Gasteiger charge is -2.62. The minimum atomic E-state index is -0.533. The summed E-state index contributed by atoms with van der Waals surface area (Å²) in [5, 5.41) is 0. The fourth-order valence-corrected chi connectivity index (χ4v) is 10.1. The quantitative estimate of drug-likeness (QED) is 0.225. The van der Waals surface area contributed by atoms with E-state index in [0.29, 0.717) is 31.6 Å². The number of benzene rings is 2. The van der Waals surface area contributed by atoms with Gasteiger partial charge in [-0.1, -0.05) is 99.0 Å². The van der Waals surface area contributed by atoms with Gasteiger partial charge in [-0.15, -0.1) is 5.73 Å². The third-order valence-corrected chi connectivity index (χ3v) is 11.6. The summed E-state index contributed by atoms with van der Waals surface area (Å²) in [6.07, 6.45) is 20.6. The molecule has 230 valence electrons. The van der Waals surface area contributed by atoms with Crippen LogP contribution in [0.25, 0.3) is 11.1 Å². The second-order valence-corrected chi connectivity index (χ2v) is 13.4. The molecule has 2 unspecified atom stereocenters. The number of hydrogen-bond acceptors (Lipinski definition) is 4. The molecule has 0 bridgehead atoms. The summed E-state index contributed by atoms with van der Waals surface area (Å²) in [4.78, 5) is 26.3. The molecule has 5 aliphatic carbocycles. The van der Waals surface area contributed by atoms with Crippen molar-refractivity contribution in [3.63, 3.8) is 0 Å². The Morgan fingerprint density at radius 3 is 2.13 bits per heavy atom. The fourth-order valence-electron chi connectivity index (χ4n) is 10.1. The molecule has 0 heterocycles. The van der Waals surface area contributed by atoms with Gasteiger partial charge < -0.3 is 9.47 Å². The summed E-state index contributed by atoms with van der Waals surface area (Å²) in [5.41, 5.74) is 12.3. The molecule has 5 aliphatic rings. The van der Waals surface area contributed by atoms with Crippen molar-refractivity contribution in [2.24, 2.45) is 11.3 Å². The molecule has 0 aromatic heterocycles. The molecule has 1 saturated carbocycles. The van der Waals surface area contributed by atoms with E-state index in [0.717, 1.165) is 25.7 Å². The molecule has 45 heavy (non-hydrogen) atoms. The average Bonchev–Trinajstić information content (AvgIpc) is 3.59. The van der Waals surface area contributed by atoms with Crippen molar-refractivity contribution in [2.75, 3.05) is 14.2 Å². The standard InChI is InChI=1S/C41H42O4/c1-28-26-32-31-16-9-11-19-35(31)41(36(32)27-28,25-21-38(43)45-3)39(22-12-5-13-23-39)40(24-20-37(42)44-2)33-17-7-4-6-14-29(33)30-15-8-10-18-34(30)40/h4,6,8-11,14-19,26-28H,5,12-13,20-25H2,1-3H3/t28-,40?,41?/m0/s1. The Bertz CT molecular complexity index is 1750. The lowest BCUT2D eigenvalue weighted by molar-refractivity contribution is -0.141. The van der Waals surface area contributed by atoms with Crippen LogP contribution in [-0.4, -0.2) is 26.2 Å². The Morgan fingerprint density at radius 1 is 0.822 bits per heavy atom. The van der Waals surface area contributed by atoms with E-state index in [1.807, 2.05) is 6.08 Å². The number of ether oxygens (including phenoxy) is 2. The molecule has 0 amide bonds. The Morgan fingerprint density at radius 2 is 1.44 bits per heavy atom. The summed E-state index contributed by atoms with van der Waals surface area (Å²) < 4.78 is 10.7. The van der Waals surface area contributed by atoms with Crippen molar-refractivity contribution in [3.05, 3.63) is 124 Å². The van der Waals surface area contributed by atoms with Crippen LogP contribution in [0, 0.1) is 11.3 Å². The monoisotopic (exact) mass is 598 g/mol.